The minimum Gasteiger partial charge on any atom is -0.478 e. The summed E-state index contributed by atoms with van der Waals surface area (Å²) in [5, 5.41) is 10.7. The zero-order valence-electron chi connectivity index (χ0n) is 8.64. The monoisotopic (exact) mass is 245 g/mol. The molecular weight excluding hydrogens is 236 g/mol. The van der Waals surface area contributed by atoms with Crippen molar-refractivity contribution in [3.63, 3.8) is 0 Å². The number of nitro groups is 1. The molecular formula is C10H9F2NO4. The predicted octanol–water partition coefficient (Wildman–Crippen LogP) is 1.85. The van der Waals surface area contributed by atoms with Gasteiger partial charge in [-0.2, -0.15) is 0 Å². The van der Waals surface area contributed by atoms with E-state index in [2.05, 4.69) is 0 Å². The van der Waals surface area contributed by atoms with Gasteiger partial charge in [0.05, 0.1) is 18.1 Å². The molecule has 0 aromatic heterocycles. The summed E-state index contributed by atoms with van der Waals surface area (Å²) >= 11 is 0. The van der Waals surface area contributed by atoms with Crippen molar-refractivity contribution in [3.05, 3.63) is 34.1 Å². The van der Waals surface area contributed by atoms with Gasteiger partial charge in [-0.05, 0) is 6.07 Å². The van der Waals surface area contributed by atoms with Gasteiger partial charge in [-0.3, -0.25) is 10.1 Å². The SMILES string of the molecule is O=[N+]([O-])c1ccc(F)cc1O[C@@H]1COC[C@H]1F. The Labute approximate surface area is 95.1 Å². The standard InChI is InChI=1S/C10H9F2NO4/c11-6-1-2-8(13(14)15)9(3-6)17-10-5-16-4-7(10)12/h1-3,7,10H,4-5H2/t7-,10-/m1/s1. The van der Waals surface area contributed by atoms with Crippen LogP contribution in [0.4, 0.5) is 14.5 Å². The molecule has 1 aromatic carbocycles. The second-order valence-corrected chi connectivity index (χ2v) is 3.58. The van der Waals surface area contributed by atoms with Crippen molar-refractivity contribution in [3.8, 4) is 5.75 Å². The summed E-state index contributed by atoms with van der Waals surface area (Å²) in [4.78, 5) is 9.96. The molecule has 1 aromatic rings. The lowest BCUT2D eigenvalue weighted by Crippen LogP contribution is -2.26. The van der Waals surface area contributed by atoms with Crippen molar-refractivity contribution in [1.29, 1.82) is 0 Å². The number of halogens is 2. The van der Waals surface area contributed by atoms with Gasteiger partial charge in [0.25, 0.3) is 0 Å². The lowest BCUT2D eigenvalue weighted by atomic mass is 10.2. The summed E-state index contributed by atoms with van der Waals surface area (Å²) in [7, 11) is 0. The molecule has 0 N–H and O–H groups in total. The van der Waals surface area contributed by atoms with Crippen LogP contribution in [0, 0.1) is 15.9 Å². The van der Waals surface area contributed by atoms with Crippen LogP contribution in [0.5, 0.6) is 5.75 Å². The molecule has 2 rings (SSSR count). The van der Waals surface area contributed by atoms with Gasteiger partial charge in [-0.25, -0.2) is 8.78 Å². The molecule has 0 saturated carbocycles. The summed E-state index contributed by atoms with van der Waals surface area (Å²) in [5.41, 5.74) is -0.398. The van der Waals surface area contributed by atoms with Crippen LogP contribution in [-0.4, -0.2) is 30.4 Å². The topological polar surface area (TPSA) is 61.6 Å². The number of nitro benzene ring substituents is 1. The third kappa shape index (κ3) is 2.50. The fraction of sp³-hybridized carbons (Fsp3) is 0.400. The normalized spacial score (nSPS) is 23.6. The predicted molar refractivity (Wildman–Crippen MR) is 53.2 cm³/mol. The molecule has 1 heterocycles. The second-order valence-electron chi connectivity index (χ2n) is 3.58. The van der Waals surface area contributed by atoms with Gasteiger partial charge in [0, 0.05) is 12.1 Å². The Morgan fingerprint density at radius 3 is 2.82 bits per heavy atom. The van der Waals surface area contributed by atoms with E-state index in [0.29, 0.717) is 0 Å². The van der Waals surface area contributed by atoms with Crippen LogP contribution < -0.4 is 4.74 Å². The lowest BCUT2D eigenvalue weighted by Gasteiger charge is -2.13. The molecule has 0 radical (unpaired) electrons. The van der Waals surface area contributed by atoms with Crippen molar-refractivity contribution in [2.24, 2.45) is 0 Å². The van der Waals surface area contributed by atoms with Gasteiger partial charge in [0.1, 0.15) is 5.82 Å². The van der Waals surface area contributed by atoms with Crippen molar-refractivity contribution in [2.45, 2.75) is 12.3 Å². The molecule has 0 bridgehead atoms. The first kappa shape index (κ1) is 11.7. The Bertz CT molecular complexity index is 440. The molecule has 0 amide bonds. The van der Waals surface area contributed by atoms with E-state index < -0.39 is 28.7 Å². The van der Waals surface area contributed by atoms with Gasteiger partial charge in [-0.15, -0.1) is 0 Å². The molecule has 7 heteroatoms. The van der Waals surface area contributed by atoms with Crippen LogP contribution in [0.2, 0.25) is 0 Å². The summed E-state index contributed by atoms with van der Waals surface area (Å²) in [6.07, 6.45) is -2.30. The average molecular weight is 245 g/mol. The van der Waals surface area contributed by atoms with Gasteiger partial charge >= 0.3 is 5.69 Å². The lowest BCUT2D eigenvalue weighted by molar-refractivity contribution is -0.386. The van der Waals surface area contributed by atoms with E-state index in [4.69, 9.17) is 9.47 Å². The largest absolute Gasteiger partial charge is 0.478 e. The van der Waals surface area contributed by atoms with E-state index in [1.165, 1.54) is 0 Å². The molecule has 0 unspecified atom stereocenters. The molecule has 0 aliphatic carbocycles. The Balaban J connectivity index is 2.24. The summed E-state index contributed by atoms with van der Waals surface area (Å²) < 4.78 is 36.0. The second kappa shape index (κ2) is 4.62. The van der Waals surface area contributed by atoms with Crippen LogP contribution >= 0.6 is 0 Å². The minimum absolute atomic E-state index is 0.00512. The zero-order chi connectivity index (χ0) is 12.4. The molecule has 1 aliphatic rings. The summed E-state index contributed by atoms with van der Waals surface area (Å²) in [6, 6.07) is 2.79. The smallest absolute Gasteiger partial charge is 0.311 e. The fourth-order valence-corrected chi connectivity index (χ4v) is 1.51. The van der Waals surface area contributed by atoms with Gasteiger partial charge < -0.3 is 9.47 Å². The first-order chi connectivity index (χ1) is 8.08. The number of benzene rings is 1. The number of hydrogen-bond acceptors (Lipinski definition) is 4. The van der Waals surface area contributed by atoms with Crippen LogP contribution in [-0.2, 0) is 4.74 Å². The minimum atomic E-state index is -1.36. The first-order valence-corrected chi connectivity index (χ1v) is 4.90. The maximum atomic E-state index is 13.2. The highest BCUT2D eigenvalue weighted by molar-refractivity contribution is 5.46. The highest BCUT2D eigenvalue weighted by Crippen LogP contribution is 2.30. The fourth-order valence-electron chi connectivity index (χ4n) is 1.51. The zero-order valence-corrected chi connectivity index (χ0v) is 8.64. The quantitative estimate of drug-likeness (QED) is 0.602. The number of hydrogen-bond donors (Lipinski definition) is 0. The third-order valence-electron chi connectivity index (χ3n) is 2.36. The van der Waals surface area contributed by atoms with Crippen LogP contribution in [0.1, 0.15) is 0 Å². The van der Waals surface area contributed by atoms with E-state index in [-0.39, 0.29) is 19.0 Å². The Kier molecular flexibility index (Phi) is 3.19. The average Bonchev–Trinajstić information content (AvgIpc) is 2.64. The van der Waals surface area contributed by atoms with Crippen LogP contribution in [0.25, 0.3) is 0 Å². The van der Waals surface area contributed by atoms with E-state index in [0.717, 1.165) is 18.2 Å². The van der Waals surface area contributed by atoms with E-state index in [1.807, 2.05) is 0 Å². The third-order valence-corrected chi connectivity index (χ3v) is 2.36. The first-order valence-electron chi connectivity index (χ1n) is 4.90. The maximum absolute atomic E-state index is 13.2. The van der Waals surface area contributed by atoms with Crippen molar-refractivity contribution in [2.75, 3.05) is 13.2 Å². The maximum Gasteiger partial charge on any atom is 0.311 e. The molecule has 1 fully saturated rings. The number of rotatable bonds is 3. The van der Waals surface area contributed by atoms with E-state index in [9.17, 15) is 18.9 Å². The van der Waals surface area contributed by atoms with Crippen molar-refractivity contribution in [1.82, 2.24) is 0 Å². The molecule has 17 heavy (non-hydrogen) atoms. The Morgan fingerprint density at radius 1 is 1.47 bits per heavy atom. The van der Waals surface area contributed by atoms with Crippen LogP contribution in [0.15, 0.2) is 18.2 Å². The Hall–Kier alpha value is -1.76. The van der Waals surface area contributed by atoms with E-state index >= 15 is 0 Å². The van der Waals surface area contributed by atoms with Gasteiger partial charge in [0.15, 0.2) is 18.0 Å². The number of nitrogens with zero attached hydrogens (tertiary/aromatic N) is 1. The van der Waals surface area contributed by atoms with E-state index in [1.54, 1.807) is 0 Å². The molecule has 5 nitrogen and oxygen atoms in total. The molecule has 92 valence electrons. The van der Waals surface area contributed by atoms with Crippen molar-refractivity contribution >= 4 is 5.69 Å². The molecule has 0 spiro atoms. The summed E-state index contributed by atoms with van der Waals surface area (Å²) in [5.74, 6) is -0.965. The van der Waals surface area contributed by atoms with Crippen LogP contribution in [0.3, 0.4) is 0 Å². The van der Waals surface area contributed by atoms with Crippen molar-refractivity contribution < 1.29 is 23.2 Å². The number of ether oxygens (including phenoxy) is 2. The Morgan fingerprint density at radius 2 is 2.24 bits per heavy atom. The molecule has 1 aliphatic heterocycles. The molecule has 2 atom stereocenters. The highest BCUT2D eigenvalue weighted by Gasteiger charge is 2.31. The number of alkyl halides is 1. The molecule has 1 saturated heterocycles. The highest BCUT2D eigenvalue weighted by atomic mass is 19.1. The van der Waals surface area contributed by atoms with Gasteiger partial charge in [0.2, 0.25) is 0 Å². The summed E-state index contributed by atoms with van der Waals surface area (Å²) in [6.45, 7) is -0.122. The van der Waals surface area contributed by atoms with Gasteiger partial charge in [-0.1, -0.05) is 0 Å².